The zero-order valence-electron chi connectivity index (χ0n) is 9.58. The van der Waals surface area contributed by atoms with Crippen LogP contribution in [0.4, 0.5) is 0 Å². The molecule has 0 bridgehead atoms. The van der Waals surface area contributed by atoms with Crippen LogP contribution in [0.5, 0.6) is 5.75 Å². The van der Waals surface area contributed by atoms with Crippen molar-refractivity contribution in [3.63, 3.8) is 0 Å². The Morgan fingerprint density at radius 3 is 2.78 bits per heavy atom. The summed E-state index contributed by atoms with van der Waals surface area (Å²) in [7, 11) is 0. The maximum atomic E-state index is 6.06. The van der Waals surface area contributed by atoms with Crippen LogP contribution in [0.25, 0.3) is 5.65 Å². The normalized spacial score (nSPS) is 10.7. The first kappa shape index (κ1) is 11.1. The van der Waals surface area contributed by atoms with E-state index in [1.807, 2.05) is 53.1 Å². The highest BCUT2D eigenvalue weighted by Gasteiger charge is 2.06. The minimum atomic E-state index is 0.464. The van der Waals surface area contributed by atoms with Gasteiger partial charge in [0.25, 0.3) is 0 Å². The standard InChI is InChI=1S/C14H11ClN2O/c15-13-7-4-8-17-11(9-16-14(13)17)10-18-12-5-2-1-3-6-12/h1-9H,10H2. The maximum absolute atomic E-state index is 6.06. The molecule has 0 N–H and O–H groups in total. The van der Waals surface area contributed by atoms with Crippen molar-refractivity contribution in [2.24, 2.45) is 0 Å². The van der Waals surface area contributed by atoms with Gasteiger partial charge in [-0.05, 0) is 24.3 Å². The number of ether oxygens (including phenoxy) is 1. The molecule has 3 aromatic rings. The van der Waals surface area contributed by atoms with Crippen molar-refractivity contribution in [1.82, 2.24) is 9.38 Å². The van der Waals surface area contributed by atoms with Crippen molar-refractivity contribution in [3.05, 3.63) is 65.6 Å². The average molecular weight is 259 g/mol. The number of hydrogen-bond acceptors (Lipinski definition) is 2. The van der Waals surface area contributed by atoms with Gasteiger partial charge in [0.15, 0.2) is 5.65 Å². The molecule has 0 saturated carbocycles. The van der Waals surface area contributed by atoms with Crippen LogP contribution in [-0.2, 0) is 6.61 Å². The number of halogens is 1. The van der Waals surface area contributed by atoms with Crippen molar-refractivity contribution in [1.29, 1.82) is 0 Å². The number of pyridine rings is 1. The summed E-state index contributed by atoms with van der Waals surface area (Å²) in [5.41, 5.74) is 1.72. The van der Waals surface area contributed by atoms with E-state index in [9.17, 15) is 0 Å². The fourth-order valence-electron chi connectivity index (χ4n) is 1.81. The third-order valence-corrected chi connectivity index (χ3v) is 2.99. The number of hydrogen-bond donors (Lipinski definition) is 0. The van der Waals surface area contributed by atoms with Crippen LogP contribution in [0.15, 0.2) is 54.9 Å². The fraction of sp³-hybridized carbons (Fsp3) is 0.0714. The lowest BCUT2D eigenvalue weighted by Crippen LogP contribution is -1.99. The molecule has 0 atom stereocenters. The smallest absolute Gasteiger partial charge is 0.155 e. The number of rotatable bonds is 3. The quantitative estimate of drug-likeness (QED) is 0.718. The van der Waals surface area contributed by atoms with Crippen LogP contribution in [0.1, 0.15) is 5.69 Å². The monoisotopic (exact) mass is 258 g/mol. The van der Waals surface area contributed by atoms with Gasteiger partial charge in [-0.3, -0.25) is 4.40 Å². The van der Waals surface area contributed by atoms with Crippen molar-refractivity contribution in [3.8, 4) is 5.75 Å². The Labute approximate surface area is 110 Å². The average Bonchev–Trinajstić information content (AvgIpc) is 2.82. The summed E-state index contributed by atoms with van der Waals surface area (Å²) in [5.74, 6) is 0.842. The molecule has 0 amide bonds. The molecule has 18 heavy (non-hydrogen) atoms. The number of benzene rings is 1. The summed E-state index contributed by atoms with van der Waals surface area (Å²) in [4.78, 5) is 4.28. The topological polar surface area (TPSA) is 26.5 Å². The zero-order chi connectivity index (χ0) is 12.4. The summed E-state index contributed by atoms with van der Waals surface area (Å²) in [5, 5.41) is 0.642. The molecular weight excluding hydrogens is 248 g/mol. The first-order valence-electron chi connectivity index (χ1n) is 5.63. The third-order valence-electron chi connectivity index (χ3n) is 2.69. The molecule has 1 aromatic carbocycles. The van der Waals surface area contributed by atoms with Gasteiger partial charge >= 0.3 is 0 Å². The summed E-state index contributed by atoms with van der Waals surface area (Å²) < 4.78 is 7.63. The first-order chi connectivity index (χ1) is 8.84. The van der Waals surface area contributed by atoms with E-state index in [4.69, 9.17) is 16.3 Å². The maximum Gasteiger partial charge on any atom is 0.155 e. The molecule has 2 aromatic heterocycles. The predicted octanol–water partition coefficient (Wildman–Crippen LogP) is 3.57. The highest BCUT2D eigenvalue weighted by atomic mass is 35.5. The summed E-state index contributed by atoms with van der Waals surface area (Å²) in [6, 6.07) is 13.4. The van der Waals surface area contributed by atoms with Crippen LogP contribution < -0.4 is 4.74 Å². The molecule has 4 heteroatoms. The lowest BCUT2D eigenvalue weighted by Gasteiger charge is -2.05. The Hall–Kier alpha value is -2.00. The Bertz CT molecular complexity index is 664. The second-order valence-electron chi connectivity index (χ2n) is 3.90. The molecule has 0 aliphatic carbocycles. The molecule has 0 saturated heterocycles. The molecule has 0 fully saturated rings. The molecule has 0 unspecified atom stereocenters. The zero-order valence-corrected chi connectivity index (χ0v) is 10.3. The van der Waals surface area contributed by atoms with E-state index in [2.05, 4.69) is 4.98 Å². The number of nitrogens with zero attached hydrogens (tertiary/aromatic N) is 2. The van der Waals surface area contributed by atoms with E-state index in [1.54, 1.807) is 6.20 Å². The number of imidazole rings is 1. The summed E-state index contributed by atoms with van der Waals surface area (Å²) in [6.07, 6.45) is 3.71. The van der Waals surface area contributed by atoms with Crippen molar-refractivity contribution >= 4 is 17.2 Å². The van der Waals surface area contributed by atoms with Gasteiger partial charge in [0.05, 0.1) is 16.9 Å². The number of aromatic nitrogens is 2. The molecule has 0 radical (unpaired) electrons. The fourth-order valence-corrected chi connectivity index (χ4v) is 2.02. The minimum Gasteiger partial charge on any atom is -0.487 e. The van der Waals surface area contributed by atoms with Crippen molar-refractivity contribution < 1.29 is 4.74 Å². The van der Waals surface area contributed by atoms with Gasteiger partial charge in [-0.1, -0.05) is 29.8 Å². The molecule has 0 aliphatic heterocycles. The van der Waals surface area contributed by atoms with E-state index in [0.717, 1.165) is 17.1 Å². The van der Waals surface area contributed by atoms with Gasteiger partial charge < -0.3 is 4.74 Å². The van der Waals surface area contributed by atoms with Crippen LogP contribution in [0, 0.1) is 0 Å². The molecule has 2 heterocycles. The van der Waals surface area contributed by atoms with E-state index in [1.165, 1.54) is 0 Å². The predicted molar refractivity (Wildman–Crippen MR) is 71.0 cm³/mol. The molecular formula is C14H11ClN2O. The van der Waals surface area contributed by atoms with E-state index in [-0.39, 0.29) is 0 Å². The lowest BCUT2D eigenvalue weighted by atomic mass is 10.3. The van der Waals surface area contributed by atoms with Crippen LogP contribution in [-0.4, -0.2) is 9.38 Å². The minimum absolute atomic E-state index is 0.464. The van der Waals surface area contributed by atoms with Crippen LogP contribution in [0.3, 0.4) is 0 Å². The van der Waals surface area contributed by atoms with Gasteiger partial charge in [-0.2, -0.15) is 0 Å². The van der Waals surface area contributed by atoms with Gasteiger partial charge in [-0.25, -0.2) is 4.98 Å². The number of fused-ring (bicyclic) bond motifs is 1. The van der Waals surface area contributed by atoms with Crippen molar-refractivity contribution in [2.75, 3.05) is 0 Å². The Morgan fingerprint density at radius 2 is 1.94 bits per heavy atom. The highest BCUT2D eigenvalue weighted by Crippen LogP contribution is 2.18. The largest absolute Gasteiger partial charge is 0.487 e. The van der Waals surface area contributed by atoms with Gasteiger partial charge in [0, 0.05) is 6.20 Å². The second-order valence-corrected chi connectivity index (χ2v) is 4.31. The van der Waals surface area contributed by atoms with E-state index in [0.29, 0.717) is 11.6 Å². The highest BCUT2D eigenvalue weighted by molar-refractivity contribution is 6.33. The Balaban J connectivity index is 1.85. The lowest BCUT2D eigenvalue weighted by molar-refractivity contribution is 0.300. The third kappa shape index (κ3) is 2.05. The molecule has 0 aliphatic rings. The Kier molecular flexibility index (Phi) is 2.90. The van der Waals surface area contributed by atoms with Gasteiger partial charge in [-0.15, -0.1) is 0 Å². The molecule has 0 spiro atoms. The van der Waals surface area contributed by atoms with Gasteiger partial charge in [0.2, 0.25) is 0 Å². The number of para-hydroxylation sites is 1. The van der Waals surface area contributed by atoms with E-state index >= 15 is 0 Å². The molecule has 90 valence electrons. The van der Waals surface area contributed by atoms with Crippen LogP contribution in [0.2, 0.25) is 5.02 Å². The van der Waals surface area contributed by atoms with Gasteiger partial charge in [0.1, 0.15) is 12.4 Å². The molecule has 3 nitrogen and oxygen atoms in total. The van der Waals surface area contributed by atoms with Crippen molar-refractivity contribution in [2.45, 2.75) is 6.61 Å². The van der Waals surface area contributed by atoms with Crippen LogP contribution >= 0.6 is 11.6 Å². The molecule has 3 rings (SSSR count). The van der Waals surface area contributed by atoms with E-state index < -0.39 is 0 Å². The SMILES string of the molecule is Clc1cccn2c(COc3ccccc3)cnc12. The first-order valence-corrected chi connectivity index (χ1v) is 6.01. The summed E-state index contributed by atoms with van der Waals surface area (Å²) >= 11 is 6.06. The summed E-state index contributed by atoms with van der Waals surface area (Å²) in [6.45, 7) is 0.464. The second kappa shape index (κ2) is 4.70. The Morgan fingerprint density at radius 1 is 1.11 bits per heavy atom.